The first kappa shape index (κ1) is 15.4. The average Bonchev–Trinajstić information content (AvgIpc) is 2.90. The topological polar surface area (TPSA) is 43.4 Å². The summed E-state index contributed by atoms with van der Waals surface area (Å²) in [5.41, 5.74) is 1.58. The summed E-state index contributed by atoms with van der Waals surface area (Å²) in [7, 11) is 1.53. The molecule has 3 nitrogen and oxygen atoms in total. The Labute approximate surface area is 138 Å². The number of hydrogen-bond acceptors (Lipinski definition) is 3. The van der Waals surface area contributed by atoms with E-state index in [-0.39, 0.29) is 17.3 Å². The van der Waals surface area contributed by atoms with Crippen LogP contribution in [0.25, 0.3) is 0 Å². The summed E-state index contributed by atoms with van der Waals surface area (Å²) in [5.74, 6) is 3.26. The standard InChI is InChI=1S/C20H28O3/c1-20-10-9-15-14-6-4-13(21)11-12(14)3-5-16(15)17(20)7-8-18(20)19(22)23-2/h11,14-18H,3-10H2,1-2H3/t14-,15+,16+,17-,18+,20-/m0/s1. The lowest BCUT2D eigenvalue weighted by Gasteiger charge is -2.53. The molecule has 3 saturated carbocycles. The highest BCUT2D eigenvalue weighted by atomic mass is 16.5. The van der Waals surface area contributed by atoms with Gasteiger partial charge in [0.25, 0.3) is 0 Å². The smallest absolute Gasteiger partial charge is 0.309 e. The normalized spacial score (nSPS) is 45.6. The van der Waals surface area contributed by atoms with Gasteiger partial charge >= 0.3 is 5.97 Å². The first-order valence-corrected chi connectivity index (χ1v) is 9.35. The minimum atomic E-state index is 0.00751. The predicted molar refractivity (Wildman–Crippen MR) is 87.6 cm³/mol. The summed E-state index contributed by atoms with van der Waals surface area (Å²) in [6.45, 7) is 2.35. The number of fused-ring (bicyclic) bond motifs is 5. The van der Waals surface area contributed by atoms with Crippen molar-refractivity contribution in [2.75, 3.05) is 7.11 Å². The third-order valence-electron chi connectivity index (χ3n) is 7.79. The summed E-state index contributed by atoms with van der Waals surface area (Å²) in [5, 5.41) is 0. The van der Waals surface area contributed by atoms with Crippen molar-refractivity contribution in [2.45, 2.75) is 58.3 Å². The highest BCUT2D eigenvalue weighted by molar-refractivity contribution is 5.91. The fourth-order valence-corrected chi connectivity index (χ4v) is 6.71. The minimum absolute atomic E-state index is 0.00751. The third kappa shape index (κ3) is 2.22. The van der Waals surface area contributed by atoms with Gasteiger partial charge in [-0.05, 0) is 80.1 Å². The van der Waals surface area contributed by atoms with Crippen molar-refractivity contribution in [3.63, 3.8) is 0 Å². The predicted octanol–water partition coefficient (Wildman–Crippen LogP) is 3.92. The van der Waals surface area contributed by atoms with Gasteiger partial charge in [0.2, 0.25) is 0 Å². The fourth-order valence-electron chi connectivity index (χ4n) is 6.71. The van der Waals surface area contributed by atoms with E-state index in [1.54, 1.807) is 0 Å². The van der Waals surface area contributed by atoms with E-state index < -0.39 is 0 Å². The Morgan fingerprint density at radius 3 is 2.74 bits per heavy atom. The zero-order chi connectivity index (χ0) is 16.2. The van der Waals surface area contributed by atoms with E-state index in [0.717, 1.165) is 43.9 Å². The van der Waals surface area contributed by atoms with Crippen LogP contribution in [0.5, 0.6) is 0 Å². The van der Waals surface area contributed by atoms with E-state index >= 15 is 0 Å². The molecule has 4 aliphatic rings. The molecule has 3 fully saturated rings. The Morgan fingerprint density at radius 2 is 1.96 bits per heavy atom. The Bertz CT molecular complexity index is 563. The molecule has 23 heavy (non-hydrogen) atoms. The quantitative estimate of drug-likeness (QED) is 0.689. The summed E-state index contributed by atoms with van der Waals surface area (Å²) in [6, 6.07) is 0. The molecule has 0 N–H and O–H groups in total. The lowest BCUT2D eigenvalue weighted by molar-refractivity contribution is -0.152. The van der Waals surface area contributed by atoms with Crippen molar-refractivity contribution in [2.24, 2.45) is 35.0 Å². The van der Waals surface area contributed by atoms with Crippen molar-refractivity contribution in [1.29, 1.82) is 0 Å². The Kier molecular flexibility index (Phi) is 3.66. The lowest BCUT2D eigenvalue weighted by atomic mass is 9.51. The van der Waals surface area contributed by atoms with Crippen LogP contribution >= 0.6 is 0 Å². The Balaban J connectivity index is 1.60. The second-order valence-electron chi connectivity index (χ2n) is 8.50. The SMILES string of the molecule is COC(=O)[C@H]1CC[C@H]2[C@@H]3CCC4=CC(=O)CC[C@@H]4[C@H]3CC[C@]12C. The van der Waals surface area contributed by atoms with Crippen LogP contribution in [-0.2, 0) is 14.3 Å². The van der Waals surface area contributed by atoms with Gasteiger partial charge < -0.3 is 4.74 Å². The van der Waals surface area contributed by atoms with Crippen LogP contribution in [0.1, 0.15) is 58.3 Å². The largest absolute Gasteiger partial charge is 0.469 e. The number of methoxy groups -OCH3 is 1. The van der Waals surface area contributed by atoms with Gasteiger partial charge in [-0.15, -0.1) is 0 Å². The zero-order valence-electron chi connectivity index (χ0n) is 14.3. The Morgan fingerprint density at radius 1 is 1.13 bits per heavy atom. The van der Waals surface area contributed by atoms with Crippen LogP contribution in [0.2, 0.25) is 0 Å². The van der Waals surface area contributed by atoms with Crippen LogP contribution in [0.3, 0.4) is 0 Å². The summed E-state index contributed by atoms with van der Waals surface area (Å²) in [6.07, 6.45) is 10.6. The maximum atomic E-state index is 12.2. The first-order valence-electron chi connectivity index (χ1n) is 9.35. The molecule has 0 bridgehead atoms. The van der Waals surface area contributed by atoms with Gasteiger partial charge in [-0.3, -0.25) is 9.59 Å². The van der Waals surface area contributed by atoms with Gasteiger partial charge in [-0.25, -0.2) is 0 Å². The van der Waals surface area contributed by atoms with Crippen LogP contribution < -0.4 is 0 Å². The molecule has 3 heteroatoms. The van der Waals surface area contributed by atoms with Gasteiger partial charge in [0.05, 0.1) is 13.0 Å². The second-order valence-corrected chi connectivity index (χ2v) is 8.50. The van der Waals surface area contributed by atoms with Crippen molar-refractivity contribution >= 4 is 11.8 Å². The molecular formula is C20H28O3. The van der Waals surface area contributed by atoms with Crippen molar-refractivity contribution in [1.82, 2.24) is 0 Å². The van der Waals surface area contributed by atoms with Gasteiger partial charge in [-0.2, -0.15) is 0 Å². The molecule has 0 aromatic heterocycles. The molecule has 0 unspecified atom stereocenters. The number of carbonyl (C=O) groups is 2. The monoisotopic (exact) mass is 316 g/mol. The number of allylic oxidation sites excluding steroid dienone is 1. The van der Waals surface area contributed by atoms with Crippen LogP contribution in [-0.4, -0.2) is 18.9 Å². The third-order valence-corrected chi connectivity index (χ3v) is 7.79. The number of carbonyl (C=O) groups excluding carboxylic acids is 2. The Hall–Kier alpha value is -1.12. The minimum Gasteiger partial charge on any atom is -0.469 e. The summed E-state index contributed by atoms with van der Waals surface area (Å²) in [4.78, 5) is 24.0. The molecule has 4 rings (SSSR count). The maximum absolute atomic E-state index is 12.2. The molecule has 0 aromatic rings. The molecule has 0 aromatic carbocycles. The van der Waals surface area contributed by atoms with Gasteiger partial charge in [0.1, 0.15) is 0 Å². The highest BCUT2D eigenvalue weighted by Crippen LogP contribution is 2.63. The van der Waals surface area contributed by atoms with Crippen LogP contribution in [0.15, 0.2) is 11.6 Å². The first-order chi connectivity index (χ1) is 11.0. The maximum Gasteiger partial charge on any atom is 0.309 e. The highest BCUT2D eigenvalue weighted by Gasteiger charge is 2.58. The summed E-state index contributed by atoms with van der Waals surface area (Å²) >= 11 is 0. The van der Waals surface area contributed by atoms with E-state index in [4.69, 9.17) is 4.74 Å². The molecule has 0 saturated heterocycles. The lowest BCUT2D eigenvalue weighted by Crippen LogP contribution is -2.47. The number of hydrogen-bond donors (Lipinski definition) is 0. The molecule has 0 aliphatic heterocycles. The molecule has 0 spiro atoms. The molecule has 6 atom stereocenters. The van der Waals surface area contributed by atoms with Crippen molar-refractivity contribution in [3.8, 4) is 0 Å². The molecule has 0 radical (unpaired) electrons. The molecule has 0 heterocycles. The number of rotatable bonds is 1. The summed E-state index contributed by atoms with van der Waals surface area (Å²) < 4.78 is 5.10. The van der Waals surface area contributed by atoms with E-state index in [0.29, 0.717) is 17.6 Å². The number of esters is 1. The van der Waals surface area contributed by atoms with E-state index in [1.165, 1.54) is 31.9 Å². The number of ketones is 1. The second kappa shape index (κ2) is 5.46. The molecule has 126 valence electrons. The van der Waals surface area contributed by atoms with Gasteiger partial charge in [0, 0.05) is 6.42 Å². The van der Waals surface area contributed by atoms with E-state index in [1.807, 2.05) is 6.08 Å². The average molecular weight is 316 g/mol. The van der Waals surface area contributed by atoms with Crippen LogP contribution in [0.4, 0.5) is 0 Å². The van der Waals surface area contributed by atoms with Crippen molar-refractivity contribution in [3.05, 3.63) is 11.6 Å². The number of ether oxygens (including phenoxy) is 1. The molecule has 4 aliphatic carbocycles. The van der Waals surface area contributed by atoms with Gasteiger partial charge in [-0.1, -0.05) is 12.5 Å². The molecule has 0 amide bonds. The van der Waals surface area contributed by atoms with Crippen LogP contribution in [0, 0.1) is 35.0 Å². The molecular weight excluding hydrogens is 288 g/mol. The van der Waals surface area contributed by atoms with E-state index in [9.17, 15) is 9.59 Å². The fraction of sp³-hybridized carbons (Fsp3) is 0.800. The zero-order valence-corrected chi connectivity index (χ0v) is 14.3. The van der Waals surface area contributed by atoms with Gasteiger partial charge in [0.15, 0.2) is 5.78 Å². The van der Waals surface area contributed by atoms with Crippen molar-refractivity contribution < 1.29 is 14.3 Å². The van der Waals surface area contributed by atoms with E-state index in [2.05, 4.69) is 6.92 Å².